The zero-order valence-electron chi connectivity index (χ0n) is 11.1. The first-order valence-corrected chi connectivity index (χ1v) is 7.60. The Hall–Kier alpha value is -1.91. The van der Waals surface area contributed by atoms with Gasteiger partial charge in [-0.25, -0.2) is 4.98 Å². The molecule has 20 heavy (non-hydrogen) atoms. The van der Waals surface area contributed by atoms with E-state index >= 15 is 0 Å². The summed E-state index contributed by atoms with van der Waals surface area (Å²) in [7, 11) is 0. The van der Waals surface area contributed by atoms with E-state index in [0.717, 1.165) is 12.2 Å². The standard InChI is InChI=1S/C16H17N3S/c17-9-8-14(13-5-2-1-3-6-13)19-11-10-18-16(19)15-7-4-12-20-15/h1-7,10-12,14H,8-9,17H2. The third-order valence-electron chi connectivity index (χ3n) is 3.37. The maximum Gasteiger partial charge on any atom is 0.150 e. The first-order chi connectivity index (χ1) is 9.90. The van der Waals surface area contributed by atoms with Gasteiger partial charge < -0.3 is 10.3 Å². The van der Waals surface area contributed by atoms with Crippen LogP contribution in [-0.4, -0.2) is 16.1 Å². The second-order valence-electron chi connectivity index (χ2n) is 4.64. The number of thiophene rings is 1. The average molecular weight is 283 g/mol. The summed E-state index contributed by atoms with van der Waals surface area (Å²) in [6.45, 7) is 0.654. The van der Waals surface area contributed by atoms with Crippen LogP contribution in [0, 0.1) is 0 Å². The first kappa shape index (κ1) is 13.1. The van der Waals surface area contributed by atoms with Gasteiger partial charge in [-0.15, -0.1) is 11.3 Å². The number of imidazole rings is 1. The molecule has 102 valence electrons. The summed E-state index contributed by atoms with van der Waals surface area (Å²) < 4.78 is 2.23. The van der Waals surface area contributed by atoms with E-state index in [-0.39, 0.29) is 6.04 Å². The molecule has 1 atom stereocenters. The molecule has 0 aliphatic rings. The van der Waals surface area contributed by atoms with Crippen LogP contribution in [0.3, 0.4) is 0 Å². The van der Waals surface area contributed by atoms with Gasteiger partial charge in [0.1, 0.15) is 0 Å². The Bertz CT molecular complexity index is 643. The zero-order valence-corrected chi connectivity index (χ0v) is 12.0. The van der Waals surface area contributed by atoms with E-state index < -0.39 is 0 Å². The van der Waals surface area contributed by atoms with Gasteiger partial charge in [-0.1, -0.05) is 36.4 Å². The van der Waals surface area contributed by atoms with Crippen LogP contribution >= 0.6 is 11.3 Å². The van der Waals surface area contributed by atoms with Crippen molar-refractivity contribution in [3.63, 3.8) is 0 Å². The normalized spacial score (nSPS) is 12.4. The number of hydrogen-bond donors (Lipinski definition) is 1. The molecule has 0 saturated heterocycles. The number of rotatable bonds is 5. The van der Waals surface area contributed by atoms with Gasteiger partial charge in [0.25, 0.3) is 0 Å². The summed E-state index contributed by atoms with van der Waals surface area (Å²) in [6, 6.07) is 14.9. The van der Waals surface area contributed by atoms with Crippen molar-refractivity contribution in [2.24, 2.45) is 5.73 Å². The molecule has 2 N–H and O–H groups in total. The molecule has 0 aliphatic carbocycles. The van der Waals surface area contributed by atoms with Crippen molar-refractivity contribution in [1.29, 1.82) is 0 Å². The third kappa shape index (κ3) is 2.53. The van der Waals surface area contributed by atoms with Gasteiger partial charge in [0.2, 0.25) is 0 Å². The van der Waals surface area contributed by atoms with E-state index in [0.29, 0.717) is 6.54 Å². The SMILES string of the molecule is NCCC(c1ccccc1)n1ccnc1-c1cccs1. The lowest BCUT2D eigenvalue weighted by atomic mass is 10.0. The smallest absolute Gasteiger partial charge is 0.150 e. The molecule has 1 unspecified atom stereocenters. The second-order valence-corrected chi connectivity index (χ2v) is 5.59. The van der Waals surface area contributed by atoms with E-state index in [1.807, 2.05) is 18.5 Å². The fourth-order valence-corrected chi connectivity index (χ4v) is 3.18. The summed E-state index contributed by atoms with van der Waals surface area (Å²) in [6.07, 6.45) is 4.81. The van der Waals surface area contributed by atoms with Crippen LogP contribution in [0.5, 0.6) is 0 Å². The third-order valence-corrected chi connectivity index (χ3v) is 4.24. The van der Waals surface area contributed by atoms with Gasteiger partial charge in [-0.3, -0.25) is 0 Å². The molecule has 2 heterocycles. The van der Waals surface area contributed by atoms with Gasteiger partial charge >= 0.3 is 0 Å². The summed E-state index contributed by atoms with van der Waals surface area (Å²) in [5, 5.41) is 2.08. The molecular weight excluding hydrogens is 266 g/mol. The Balaban J connectivity index is 2.03. The minimum atomic E-state index is 0.237. The van der Waals surface area contributed by atoms with Crippen LogP contribution in [0.2, 0.25) is 0 Å². The van der Waals surface area contributed by atoms with Crippen molar-refractivity contribution in [3.05, 3.63) is 65.8 Å². The van der Waals surface area contributed by atoms with Crippen LogP contribution < -0.4 is 5.73 Å². The van der Waals surface area contributed by atoms with Crippen molar-refractivity contribution in [2.45, 2.75) is 12.5 Å². The Labute approximate surface area is 122 Å². The quantitative estimate of drug-likeness (QED) is 0.778. The number of nitrogens with two attached hydrogens (primary N) is 1. The van der Waals surface area contributed by atoms with Gasteiger partial charge in [-0.2, -0.15) is 0 Å². The fourth-order valence-electron chi connectivity index (χ4n) is 2.46. The molecule has 3 nitrogen and oxygen atoms in total. The van der Waals surface area contributed by atoms with E-state index in [4.69, 9.17) is 5.73 Å². The summed E-state index contributed by atoms with van der Waals surface area (Å²) in [5.41, 5.74) is 7.08. The van der Waals surface area contributed by atoms with Gasteiger partial charge in [-0.05, 0) is 30.0 Å². The van der Waals surface area contributed by atoms with Crippen molar-refractivity contribution in [3.8, 4) is 10.7 Å². The molecule has 0 amide bonds. The molecule has 3 rings (SSSR count). The number of nitrogens with zero attached hydrogens (tertiary/aromatic N) is 2. The Kier molecular flexibility index (Phi) is 3.95. The molecule has 0 aliphatic heterocycles. The maximum atomic E-state index is 5.81. The highest BCUT2D eigenvalue weighted by Crippen LogP contribution is 2.29. The highest BCUT2D eigenvalue weighted by Gasteiger charge is 2.17. The van der Waals surface area contributed by atoms with Crippen molar-refractivity contribution in [2.75, 3.05) is 6.54 Å². The zero-order chi connectivity index (χ0) is 13.8. The van der Waals surface area contributed by atoms with Gasteiger partial charge in [0.15, 0.2) is 5.82 Å². The second kappa shape index (κ2) is 6.03. The molecular formula is C16H17N3S. The van der Waals surface area contributed by atoms with Crippen molar-refractivity contribution >= 4 is 11.3 Å². The minimum absolute atomic E-state index is 0.237. The van der Waals surface area contributed by atoms with Crippen LogP contribution in [0.25, 0.3) is 10.7 Å². The largest absolute Gasteiger partial charge is 0.330 e. The van der Waals surface area contributed by atoms with Crippen LogP contribution in [0.1, 0.15) is 18.0 Å². The number of hydrogen-bond acceptors (Lipinski definition) is 3. The fraction of sp³-hybridized carbons (Fsp3) is 0.188. The topological polar surface area (TPSA) is 43.8 Å². The van der Waals surface area contributed by atoms with E-state index in [9.17, 15) is 0 Å². The molecule has 4 heteroatoms. The van der Waals surface area contributed by atoms with E-state index in [1.54, 1.807) is 11.3 Å². The van der Waals surface area contributed by atoms with Crippen LogP contribution in [0.15, 0.2) is 60.2 Å². The molecule has 1 aromatic carbocycles. The lowest BCUT2D eigenvalue weighted by Crippen LogP contribution is -2.15. The lowest BCUT2D eigenvalue weighted by Gasteiger charge is -2.20. The highest BCUT2D eigenvalue weighted by atomic mass is 32.1. The van der Waals surface area contributed by atoms with Gasteiger partial charge in [0.05, 0.1) is 10.9 Å². The Morgan fingerprint density at radius 2 is 2.00 bits per heavy atom. The number of benzene rings is 1. The molecule has 0 saturated carbocycles. The molecule has 0 fully saturated rings. The molecule has 0 bridgehead atoms. The van der Waals surface area contributed by atoms with Crippen molar-refractivity contribution < 1.29 is 0 Å². The summed E-state index contributed by atoms with van der Waals surface area (Å²) in [5.74, 6) is 1.02. The Morgan fingerprint density at radius 3 is 2.70 bits per heavy atom. The monoisotopic (exact) mass is 283 g/mol. The van der Waals surface area contributed by atoms with Crippen LogP contribution in [-0.2, 0) is 0 Å². The molecule has 3 aromatic rings. The minimum Gasteiger partial charge on any atom is -0.330 e. The van der Waals surface area contributed by atoms with E-state index in [1.165, 1.54) is 10.4 Å². The molecule has 2 aromatic heterocycles. The number of aromatic nitrogens is 2. The summed E-state index contributed by atoms with van der Waals surface area (Å²) >= 11 is 1.71. The summed E-state index contributed by atoms with van der Waals surface area (Å²) in [4.78, 5) is 5.71. The van der Waals surface area contributed by atoms with E-state index in [2.05, 4.69) is 51.3 Å². The predicted octanol–water partition coefficient (Wildman–Crippen LogP) is 3.55. The molecule has 0 radical (unpaired) electrons. The van der Waals surface area contributed by atoms with Gasteiger partial charge in [0, 0.05) is 12.4 Å². The predicted molar refractivity (Wildman–Crippen MR) is 83.8 cm³/mol. The van der Waals surface area contributed by atoms with Crippen molar-refractivity contribution in [1.82, 2.24) is 9.55 Å². The Morgan fingerprint density at radius 1 is 1.15 bits per heavy atom. The molecule has 0 spiro atoms. The highest BCUT2D eigenvalue weighted by molar-refractivity contribution is 7.13. The van der Waals surface area contributed by atoms with Crippen LogP contribution in [0.4, 0.5) is 0 Å². The lowest BCUT2D eigenvalue weighted by molar-refractivity contribution is 0.553. The average Bonchev–Trinajstić information content (AvgIpc) is 3.16. The first-order valence-electron chi connectivity index (χ1n) is 6.72. The maximum absolute atomic E-state index is 5.81.